The van der Waals surface area contributed by atoms with E-state index in [0.717, 1.165) is 19.1 Å². The summed E-state index contributed by atoms with van der Waals surface area (Å²) in [6.07, 6.45) is 4.11. The Morgan fingerprint density at radius 1 is 1.20 bits per heavy atom. The van der Waals surface area contributed by atoms with Gasteiger partial charge < -0.3 is 5.32 Å². The SMILES string of the molecule is CC1CNC(c2ccccc2)CN1C1CCC(C)(C)C1. The smallest absolute Gasteiger partial charge is 0.0450 e. The van der Waals surface area contributed by atoms with Gasteiger partial charge in [-0.3, -0.25) is 4.90 Å². The molecule has 3 unspecified atom stereocenters. The van der Waals surface area contributed by atoms with E-state index < -0.39 is 0 Å². The third-order valence-electron chi connectivity index (χ3n) is 5.23. The van der Waals surface area contributed by atoms with Gasteiger partial charge in [-0.05, 0) is 37.2 Å². The molecule has 1 saturated heterocycles. The van der Waals surface area contributed by atoms with E-state index in [0.29, 0.717) is 17.5 Å². The van der Waals surface area contributed by atoms with E-state index in [1.807, 2.05) is 0 Å². The standard InChI is InChI=1S/C18H28N2/c1-14-12-19-17(15-7-5-4-6-8-15)13-20(14)16-9-10-18(2,3)11-16/h4-8,14,16-17,19H,9-13H2,1-3H3. The molecule has 1 aromatic rings. The van der Waals surface area contributed by atoms with Gasteiger partial charge in [0.25, 0.3) is 0 Å². The van der Waals surface area contributed by atoms with E-state index in [-0.39, 0.29) is 0 Å². The van der Waals surface area contributed by atoms with Crippen LogP contribution in [0.2, 0.25) is 0 Å². The number of nitrogens with zero attached hydrogens (tertiary/aromatic N) is 1. The lowest BCUT2D eigenvalue weighted by atomic mass is 9.91. The van der Waals surface area contributed by atoms with Gasteiger partial charge in [0.05, 0.1) is 0 Å². The highest BCUT2D eigenvalue weighted by molar-refractivity contribution is 5.20. The molecule has 0 bridgehead atoms. The molecule has 2 heteroatoms. The highest BCUT2D eigenvalue weighted by Gasteiger charge is 2.38. The summed E-state index contributed by atoms with van der Waals surface area (Å²) in [7, 11) is 0. The van der Waals surface area contributed by atoms with Gasteiger partial charge in [0.1, 0.15) is 0 Å². The summed E-state index contributed by atoms with van der Waals surface area (Å²) in [5, 5.41) is 3.72. The van der Waals surface area contributed by atoms with Gasteiger partial charge in [-0.25, -0.2) is 0 Å². The van der Waals surface area contributed by atoms with E-state index in [2.05, 4.69) is 61.3 Å². The van der Waals surface area contributed by atoms with Crippen molar-refractivity contribution in [2.45, 2.75) is 58.2 Å². The molecule has 0 amide bonds. The summed E-state index contributed by atoms with van der Waals surface area (Å²) in [6, 6.07) is 12.9. The van der Waals surface area contributed by atoms with E-state index in [1.54, 1.807) is 0 Å². The van der Waals surface area contributed by atoms with Crippen LogP contribution in [0.25, 0.3) is 0 Å². The minimum atomic E-state index is 0.496. The summed E-state index contributed by atoms with van der Waals surface area (Å²) in [5.74, 6) is 0. The molecule has 2 fully saturated rings. The lowest BCUT2D eigenvalue weighted by Gasteiger charge is -2.43. The van der Waals surface area contributed by atoms with Crippen molar-refractivity contribution in [3.63, 3.8) is 0 Å². The van der Waals surface area contributed by atoms with E-state index in [9.17, 15) is 0 Å². The van der Waals surface area contributed by atoms with Crippen molar-refractivity contribution in [1.29, 1.82) is 0 Å². The van der Waals surface area contributed by atoms with Gasteiger partial charge in [0.2, 0.25) is 0 Å². The van der Waals surface area contributed by atoms with Crippen LogP contribution in [0.4, 0.5) is 0 Å². The van der Waals surface area contributed by atoms with Crippen molar-refractivity contribution in [3.05, 3.63) is 35.9 Å². The Balaban J connectivity index is 1.71. The van der Waals surface area contributed by atoms with Crippen molar-refractivity contribution in [2.75, 3.05) is 13.1 Å². The molecule has 1 N–H and O–H groups in total. The summed E-state index contributed by atoms with van der Waals surface area (Å²) in [6.45, 7) is 9.49. The molecule has 2 aliphatic rings. The number of hydrogen-bond acceptors (Lipinski definition) is 2. The van der Waals surface area contributed by atoms with Gasteiger partial charge in [0, 0.05) is 31.2 Å². The highest BCUT2D eigenvalue weighted by Crippen LogP contribution is 2.40. The number of piperazine rings is 1. The highest BCUT2D eigenvalue weighted by atomic mass is 15.3. The Labute approximate surface area is 123 Å². The average molecular weight is 272 g/mol. The first-order valence-corrected chi connectivity index (χ1v) is 8.09. The maximum atomic E-state index is 3.72. The van der Waals surface area contributed by atoms with E-state index in [4.69, 9.17) is 0 Å². The van der Waals surface area contributed by atoms with Crippen molar-refractivity contribution in [1.82, 2.24) is 10.2 Å². The summed E-state index contributed by atoms with van der Waals surface area (Å²) >= 11 is 0. The molecule has 1 heterocycles. The van der Waals surface area contributed by atoms with Crippen LogP contribution in [0.3, 0.4) is 0 Å². The molecule has 3 atom stereocenters. The molecular weight excluding hydrogens is 244 g/mol. The molecule has 1 saturated carbocycles. The zero-order valence-electron chi connectivity index (χ0n) is 13.1. The average Bonchev–Trinajstić information content (AvgIpc) is 2.80. The molecule has 0 spiro atoms. The summed E-state index contributed by atoms with van der Waals surface area (Å²) < 4.78 is 0. The van der Waals surface area contributed by atoms with Gasteiger partial charge in [-0.2, -0.15) is 0 Å². The number of rotatable bonds is 2. The van der Waals surface area contributed by atoms with Gasteiger partial charge in [0.15, 0.2) is 0 Å². The second kappa shape index (κ2) is 5.50. The van der Waals surface area contributed by atoms with Crippen LogP contribution >= 0.6 is 0 Å². The maximum Gasteiger partial charge on any atom is 0.0450 e. The van der Waals surface area contributed by atoms with Gasteiger partial charge in [-0.15, -0.1) is 0 Å². The Bertz CT molecular complexity index is 440. The van der Waals surface area contributed by atoms with Gasteiger partial charge in [-0.1, -0.05) is 44.2 Å². The second-order valence-corrected chi connectivity index (χ2v) is 7.48. The molecule has 1 aliphatic heterocycles. The van der Waals surface area contributed by atoms with E-state index >= 15 is 0 Å². The van der Waals surface area contributed by atoms with Crippen LogP contribution in [0.15, 0.2) is 30.3 Å². The molecule has 0 radical (unpaired) electrons. The number of hydrogen-bond donors (Lipinski definition) is 1. The monoisotopic (exact) mass is 272 g/mol. The first-order valence-electron chi connectivity index (χ1n) is 8.09. The Kier molecular flexibility index (Phi) is 3.87. The van der Waals surface area contributed by atoms with E-state index in [1.165, 1.54) is 24.8 Å². The van der Waals surface area contributed by atoms with Crippen LogP contribution < -0.4 is 5.32 Å². The molecule has 110 valence electrons. The Morgan fingerprint density at radius 3 is 2.60 bits per heavy atom. The predicted octanol–water partition coefficient (Wildman–Crippen LogP) is 3.60. The normalized spacial score (nSPS) is 34.2. The van der Waals surface area contributed by atoms with Crippen LogP contribution in [0, 0.1) is 5.41 Å². The second-order valence-electron chi connectivity index (χ2n) is 7.48. The zero-order chi connectivity index (χ0) is 14.2. The fraction of sp³-hybridized carbons (Fsp3) is 0.667. The van der Waals surface area contributed by atoms with Crippen LogP contribution in [0.5, 0.6) is 0 Å². The minimum Gasteiger partial charge on any atom is -0.307 e. The quantitative estimate of drug-likeness (QED) is 0.885. The zero-order valence-corrected chi connectivity index (χ0v) is 13.1. The fourth-order valence-corrected chi connectivity index (χ4v) is 3.99. The molecule has 1 aliphatic carbocycles. The summed E-state index contributed by atoms with van der Waals surface area (Å²) in [4.78, 5) is 2.77. The molecule has 1 aromatic carbocycles. The largest absolute Gasteiger partial charge is 0.307 e. The number of benzene rings is 1. The van der Waals surface area contributed by atoms with Crippen LogP contribution in [0.1, 0.15) is 51.6 Å². The van der Waals surface area contributed by atoms with Crippen LogP contribution in [-0.2, 0) is 0 Å². The summed E-state index contributed by atoms with van der Waals surface area (Å²) in [5.41, 5.74) is 1.97. The molecule has 20 heavy (non-hydrogen) atoms. The third-order valence-corrected chi connectivity index (χ3v) is 5.23. The lowest BCUT2D eigenvalue weighted by Crippen LogP contribution is -2.54. The Hall–Kier alpha value is -0.860. The number of nitrogens with one attached hydrogen (secondary N) is 1. The van der Waals surface area contributed by atoms with Crippen molar-refractivity contribution in [3.8, 4) is 0 Å². The lowest BCUT2D eigenvalue weighted by molar-refractivity contribution is 0.0877. The predicted molar refractivity (Wildman–Crippen MR) is 84.8 cm³/mol. The van der Waals surface area contributed by atoms with Crippen molar-refractivity contribution < 1.29 is 0 Å². The first-order chi connectivity index (χ1) is 9.55. The maximum absolute atomic E-state index is 3.72. The van der Waals surface area contributed by atoms with Crippen molar-refractivity contribution in [2.24, 2.45) is 5.41 Å². The van der Waals surface area contributed by atoms with Crippen molar-refractivity contribution >= 4 is 0 Å². The first kappa shape index (κ1) is 14.1. The molecular formula is C18H28N2. The topological polar surface area (TPSA) is 15.3 Å². The fourth-order valence-electron chi connectivity index (χ4n) is 3.99. The molecule has 3 rings (SSSR count). The molecule has 0 aromatic heterocycles. The Morgan fingerprint density at radius 2 is 1.95 bits per heavy atom. The third kappa shape index (κ3) is 2.91. The molecule has 2 nitrogen and oxygen atoms in total. The van der Waals surface area contributed by atoms with Gasteiger partial charge >= 0.3 is 0 Å². The van der Waals surface area contributed by atoms with Crippen LogP contribution in [-0.4, -0.2) is 30.1 Å². The minimum absolute atomic E-state index is 0.496.